The van der Waals surface area contributed by atoms with E-state index in [0.29, 0.717) is 25.3 Å². The Kier molecular flexibility index (Phi) is 16.9. The van der Waals surface area contributed by atoms with Crippen LogP contribution >= 0.6 is 0 Å². The molecule has 17 nitrogen and oxygen atoms in total. The maximum absolute atomic E-state index is 11.3. The fraction of sp³-hybridized carbons (Fsp3) is 0.276. The Balaban J connectivity index is 0.000000116. The van der Waals surface area contributed by atoms with Gasteiger partial charge in [0.15, 0.2) is 0 Å². The highest BCUT2D eigenvalue weighted by Gasteiger charge is 2.27. The van der Waals surface area contributed by atoms with Crippen molar-refractivity contribution in [2.24, 2.45) is 0 Å². The monoisotopic (exact) mass is 1010 g/mol. The summed E-state index contributed by atoms with van der Waals surface area (Å²) in [6.07, 6.45) is 12.0. The average molecular weight is 1010 g/mol. The lowest BCUT2D eigenvalue weighted by Crippen LogP contribution is -2.17. The largest absolute Gasteiger partial charge is 0.337 e. The summed E-state index contributed by atoms with van der Waals surface area (Å²) in [5, 5.41) is 0. The predicted molar refractivity (Wildman–Crippen MR) is 283 cm³/mol. The van der Waals surface area contributed by atoms with E-state index < -0.39 is 0 Å². The number of carbonyl (C=O) groups excluding carboxylic acids is 5. The Hall–Kier alpha value is -8.54. The Morgan fingerprint density at radius 2 is 0.733 bits per heavy atom. The van der Waals surface area contributed by atoms with Crippen LogP contribution in [0.1, 0.15) is 102 Å². The summed E-state index contributed by atoms with van der Waals surface area (Å²) < 4.78 is 0. The minimum atomic E-state index is 0.0283. The molecule has 7 aliphatic heterocycles. The van der Waals surface area contributed by atoms with E-state index in [1.165, 1.54) is 22.4 Å². The van der Waals surface area contributed by atoms with Gasteiger partial charge in [-0.1, -0.05) is 54.6 Å². The SMILES string of the molecule is CN1Cc2ccccc2C1.CN1Cc2ccccc2C1=O.CN1Cc2cccnc2C1.CN1Cc2cccnc2C1=O.CN1Cc2ccncc2C1=O.CN1Cc2cnccc2C1=O.CN1Cc2ncccc2C1=O. The molecule has 17 heteroatoms. The molecular formula is C58H62N12O5. The second kappa shape index (κ2) is 24.0. The lowest BCUT2D eigenvalue weighted by atomic mass is 10.1. The second-order valence-electron chi connectivity index (χ2n) is 19.3. The second-order valence-corrected chi connectivity index (χ2v) is 19.3. The third-order valence-corrected chi connectivity index (χ3v) is 13.3. The molecule has 0 N–H and O–H groups in total. The van der Waals surface area contributed by atoms with Crippen molar-refractivity contribution < 1.29 is 24.0 Å². The van der Waals surface area contributed by atoms with Crippen molar-refractivity contribution in [3.05, 3.63) is 219 Å². The number of amides is 5. The summed E-state index contributed by atoms with van der Waals surface area (Å²) in [4.78, 5) is 89.7. The van der Waals surface area contributed by atoms with Crippen LogP contribution in [-0.2, 0) is 58.9 Å². The highest BCUT2D eigenvalue weighted by Crippen LogP contribution is 2.24. The van der Waals surface area contributed by atoms with E-state index in [0.717, 1.165) is 89.5 Å². The third kappa shape index (κ3) is 12.6. The summed E-state index contributed by atoms with van der Waals surface area (Å²) in [7, 11) is 13.2. The topological polar surface area (TPSA) is 172 Å². The van der Waals surface area contributed by atoms with Gasteiger partial charge in [0.2, 0.25) is 0 Å². The van der Waals surface area contributed by atoms with Crippen molar-refractivity contribution in [1.29, 1.82) is 0 Å². The zero-order chi connectivity index (χ0) is 53.2. The fourth-order valence-electron chi connectivity index (χ4n) is 9.37. The van der Waals surface area contributed by atoms with E-state index >= 15 is 0 Å². The molecule has 75 heavy (non-hydrogen) atoms. The minimum Gasteiger partial charge on any atom is -0.337 e. The van der Waals surface area contributed by atoms with Crippen LogP contribution in [0.25, 0.3) is 0 Å². The minimum absolute atomic E-state index is 0.0283. The molecule has 0 saturated heterocycles. The highest BCUT2D eigenvalue weighted by molar-refractivity contribution is 5.99. The maximum Gasteiger partial charge on any atom is 0.272 e. The number of hydrogen-bond donors (Lipinski definition) is 0. The standard InChI is InChI=1S/C9H9NO.C9H11N.4C8H8N2O.C8H10N2/c1-10-6-7-4-2-3-5-8(7)9(10)11;1-10-6-8-4-2-3-5-9(8)7-10;1-10-5-6-4-9-3-2-7(6)8(10)11;1-10-5-6-2-3-9-4-7(6)8(10)11;1-10-5-7-6(8(10)11)3-2-4-9-7;1-10-5-6-3-2-4-9-7(6)8(10)11;1-10-5-7-3-2-4-9-8(7)6-10/h2-5H,6H2,1H3;2-5H,6-7H2,1H3;4*2-4H,5H2,1H3;2-4H,5-6H2,1H3. The predicted octanol–water partition coefficient (Wildman–Crippen LogP) is 6.60. The number of pyridine rings is 5. The van der Waals surface area contributed by atoms with E-state index in [1.54, 1.807) is 102 Å². The molecule has 384 valence electrons. The fourth-order valence-corrected chi connectivity index (χ4v) is 9.37. The Bertz CT molecular complexity index is 2750. The van der Waals surface area contributed by atoms with Gasteiger partial charge in [0.05, 0.1) is 29.1 Å². The lowest BCUT2D eigenvalue weighted by Gasteiger charge is -2.04. The quantitative estimate of drug-likeness (QED) is 0.160. The maximum atomic E-state index is 11.3. The Morgan fingerprint density at radius 3 is 1.35 bits per heavy atom. The van der Waals surface area contributed by atoms with Crippen LogP contribution in [0.5, 0.6) is 0 Å². The van der Waals surface area contributed by atoms with Crippen molar-refractivity contribution in [3.63, 3.8) is 0 Å². The molecule has 0 saturated carbocycles. The Labute approximate surface area is 438 Å². The van der Waals surface area contributed by atoms with Crippen molar-refractivity contribution in [3.8, 4) is 0 Å². The summed E-state index contributed by atoms with van der Waals surface area (Å²) in [5.74, 6) is 0.421. The summed E-state index contributed by atoms with van der Waals surface area (Å²) >= 11 is 0. The highest BCUT2D eigenvalue weighted by atomic mass is 16.2. The molecule has 0 atom stereocenters. The van der Waals surface area contributed by atoms with Crippen molar-refractivity contribution >= 4 is 29.5 Å². The molecule has 0 fully saturated rings. The van der Waals surface area contributed by atoms with E-state index in [-0.39, 0.29) is 29.5 Å². The van der Waals surface area contributed by atoms with Gasteiger partial charge in [-0.25, -0.2) is 0 Å². The van der Waals surface area contributed by atoms with E-state index in [9.17, 15) is 24.0 Å². The molecule has 0 bridgehead atoms. The van der Waals surface area contributed by atoms with Gasteiger partial charge in [-0.15, -0.1) is 0 Å². The van der Waals surface area contributed by atoms with Gasteiger partial charge in [0.25, 0.3) is 29.5 Å². The number of aromatic nitrogens is 5. The molecule has 14 rings (SSSR count). The summed E-state index contributed by atoms with van der Waals surface area (Å²) in [6, 6.07) is 31.5. The zero-order valence-corrected chi connectivity index (χ0v) is 43.6. The third-order valence-electron chi connectivity index (χ3n) is 13.3. The number of rotatable bonds is 0. The van der Waals surface area contributed by atoms with Crippen LogP contribution in [0.15, 0.2) is 140 Å². The first-order chi connectivity index (χ1) is 36.2. The molecular weight excluding hydrogens is 945 g/mol. The van der Waals surface area contributed by atoms with Gasteiger partial charge in [0, 0.05) is 153 Å². The lowest BCUT2D eigenvalue weighted by molar-refractivity contribution is 0.0806. The van der Waals surface area contributed by atoms with Crippen LogP contribution in [0.2, 0.25) is 0 Å². The smallest absolute Gasteiger partial charge is 0.272 e. The van der Waals surface area contributed by atoms with Gasteiger partial charge >= 0.3 is 0 Å². The molecule has 7 aliphatic rings. The molecule has 0 radical (unpaired) electrons. The van der Waals surface area contributed by atoms with E-state index in [2.05, 4.69) is 79.1 Å². The number of carbonyl (C=O) groups is 5. The molecule has 2 aromatic carbocycles. The van der Waals surface area contributed by atoms with Gasteiger partial charge in [-0.05, 0) is 84.4 Å². The van der Waals surface area contributed by atoms with Gasteiger partial charge in [0.1, 0.15) is 5.69 Å². The summed E-state index contributed by atoms with van der Waals surface area (Å²) in [6.45, 7) is 7.83. The van der Waals surface area contributed by atoms with Crippen LogP contribution < -0.4 is 0 Å². The molecule has 12 heterocycles. The van der Waals surface area contributed by atoms with E-state index in [1.807, 2.05) is 67.8 Å². The van der Waals surface area contributed by atoms with Crippen molar-refractivity contribution in [2.45, 2.75) is 58.9 Å². The first kappa shape index (κ1) is 52.8. The molecule has 5 amide bonds. The Morgan fingerprint density at radius 1 is 0.307 bits per heavy atom. The normalized spacial score (nSPS) is 15.9. The van der Waals surface area contributed by atoms with Crippen LogP contribution in [-0.4, -0.2) is 138 Å². The molecule has 5 aromatic heterocycles. The van der Waals surface area contributed by atoms with Gasteiger partial charge < -0.3 is 24.5 Å². The number of nitrogens with zero attached hydrogens (tertiary/aromatic N) is 12. The van der Waals surface area contributed by atoms with Crippen LogP contribution in [0, 0.1) is 0 Å². The van der Waals surface area contributed by atoms with Crippen molar-refractivity contribution in [2.75, 3.05) is 49.3 Å². The summed E-state index contributed by atoms with van der Waals surface area (Å²) in [5.41, 5.74) is 14.5. The average Bonchev–Trinajstić information content (AvgIpc) is 4.29. The number of hydrogen-bond acceptors (Lipinski definition) is 12. The number of benzene rings is 2. The molecule has 0 unspecified atom stereocenters. The van der Waals surface area contributed by atoms with Gasteiger partial charge in [-0.3, -0.25) is 58.7 Å². The first-order valence-electron chi connectivity index (χ1n) is 24.6. The molecule has 0 aliphatic carbocycles. The van der Waals surface area contributed by atoms with Crippen LogP contribution in [0.4, 0.5) is 0 Å². The first-order valence-corrected chi connectivity index (χ1v) is 24.6. The zero-order valence-electron chi connectivity index (χ0n) is 43.6. The molecule has 7 aromatic rings. The van der Waals surface area contributed by atoms with Gasteiger partial charge in [-0.2, -0.15) is 0 Å². The van der Waals surface area contributed by atoms with Crippen LogP contribution in [0.3, 0.4) is 0 Å². The van der Waals surface area contributed by atoms with Crippen molar-refractivity contribution in [1.82, 2.24) is 59.2 Å². The molecule has 0 spiro atoms. The van der Waals surface area contributed by atoms with E-state index in [4.69, 9.17) is 0 Å². The number of fused-ring (bicyclic) bond motifs is 7.